The Kier molecular flexibility index (Phi) is 3.84. The summed E-state index contributed by atoms with van der Waals surface area (Å²) in [6.45, 7) is 0. The SMILES string of the molecule is OC(c1cccc(Br)c1)C(Cl)Cl. The maximum Gasteiger partial charge on any atom is 0.137 e. The molecule has 0 aromatic heterocycles. The first kappa shape index (κ1) is 10.3. The van der Waals surface area contributed by atoms with E-state index in [1.54, 1.807) is 12.1 Å². The fourth-order valence-electron chi connectivity index (χ4n) is 0.836. The molecular formula is C8H7BrCl2O. The van der Waals surface area contributed by atoms with Gasteiger partial charge in [-0.15, -0.1) is 23.2 Å². The van der Waals surface area contributed by atoms with Crippen molar-refractivity contribution in [2.45, 2.75) is 10.9 Å². The summed E-state index contributed by atoms with van der Waals surface area (Å²) in [5.41, 5.74) is 0.708. The predicted molar refractivity (Wildman–Crippen MR) is 54.6 cm³/mol. The van der Waals surface area contributed by atoms with Crippen LogP contribution in [-0.4, -0.2) is 9.94 Å². The number of halogens is 3. The minimum Gasteiger partial charge on any atom is -0.386 e. The van der Waals surface area contributed by atoms with Gasteiger partial charge < -0.3 is 5.11 Å². The molecule has 0 heterocycles. The highest BCUT2D eigenvalue weighted by atomic mass is 79.9. The average Bonchev–Trinajstić information content (AvgIpc) is 2.03. The van der Waals surface area contributed by atoms with Crippen molar-refractivity contribution in [3.8, 4) is 0 Å². The average molecular weight is 270 g/mol. The summed E-state index contributed by atoms with van der Waals surface area (Å²) in [7, 11) is 0. The highest BCUT2D eigenvalue weighted by Crippen LogP contribution is 2.25. The van der Waals surface area contributed by atoms with Crippen LogP contribution in [0.4, 0.5) is 0 Å². The molecule has 0 aliphatic heterocycles. The maximum absolute atomic E-state index is 9.44. The van der Waals surface area contributed by atoms with Crippen LogP contribution in [0.3, 0.4) is 0 Å². The van der Waals surface area contributed by atoms with Gasteiger partial charge in [-0.05, 0) is 17.7 Å². The number of alkyl halides is 2. The number of hydrogen-bond donors (Lipinski definition) is 1. The molecule has 66 valence electrons. The zero-order valence-electron chi connectivity index (χ0n) is 6.05. The largest absolute Gasteiger partial charge is 0.386 e. The van der Waals surface area contributed by atoms with Crippen LogP contribution in [-0.2, 0) is 0 Å². The predicted octanol–water partition coefficient (Wildman–Crippen LogP) is 3.29. The molecule has 0 amide bonds. The van der Waals surface area contributed by atoms with Gasteiger partial charge in [0.15, 0.2) is 0 Å². The van der Waals surface area contributed by atoms with Crippen LogP contribution in [0.15, 0.2) is 28.7 Å². The highest BCUT2D eigenvalue weighted by molar-refractivity contribution is 9.10. The highest BCUT2D eigenvalue weighted by Gasteiger charge is 2.15. The topological polar surface area (TPSA) is 20.2 Å². The molecule has 0 spiro atoms. The van der Waals surface area contributed by atoms with Crippen molar-refractivity contribution in [3.05, 3.63) is 34.3 Å². The first-order chi connectivity index (χ1) is 5.61. The molecule has 1 aromatic carbocycles. The standard InChI is InChI=1S/C8H7BrCl2O/c9-6-3-1-2-5(4-6)7(12)8(10)11/h1-4,7-8,12H. The Labute approximate surface area is 89.4 Å². The Hall–Kier alpha value is 0.240. The first-order valence-electron chi connectivity index (χ1n) is 3.33. The van der Waals surface area contributed by atoms with E-state index >= 15 is 0 Å². The lowest BCUT2D eigenvalue weighted by atomic mass is 10.1. The third-order valence-electron chi connectivity index (χ3n) is 1.43. The summed E-state index contributed by atoms with van der Waals surface area (Å²) in [6.07, 6.45) is -0.828. The molecule has 1 aromatic rings. The Morgan fingerprint density at radius 2 is 2.00 bits per heavy atom. The number of aliphatic hydroxyl groups excluding tert-OH is 1. The molecule has 0 saturated carbocycles. The zero-order chi connectivity index (χ0) is 9.14. The quantitative estimate of drug-likeness (QED) is 0.817. The van der Waals surface area contributed by atoms with Gasteiger partial charge in [0.1, 0.15) is 10.9 Å². The van der Waals surface area contributed by atoms with Gasteiger partial charge >= 0.3 is 0 Å². The van der Waals surface area contributed by atoms with Crippen molar-refractivity contribution in [3.63, 3.8) is 0 Å². The lowest BCUT2D eigenvalue weighted by Gasteiger charge is -2.11. The number of hydrogen-bond acceptors (Lipinski definition) is 1. The molecule has 1 unspecified atom stereocenters. The van der Waals surface area contributed by atoms with Crippen LogP contribution >= 0.6 is 39.1 Å². The zero-order valence-corrected chi connectivity index (χ0v) is 9.14. The van der Waals surface area contributed by atoms with Crippen molar-refractivity contribution in [1.29, 1.82) is 0 Å². The summed E-state index contributed by atoms with van der Waals surface area (Å²) < 4.78 is 0.896. The molecule has 0 fully saturated rings. The first-order valence-corrected chi connectivity index (χ1v) is 4.99. The molecule has 1 nitrogen and oxygen atoms in total. The Morgan fingerprint density at radius 1 is 1.33 bits per heavy atom. The second-order valence-electron chi connectivity index (χ2n) is 2.33. The lowest BCUT2D eigenvalue weighted by molar-refractivity contribution is 0.193. The Bertz CT molecular complexity index is 265. The molecule has 1 rings (SSSR count). The fourth-order valence-corrected chi connectivity index (χ4v) is 1.54. The van der Waals surface area contributed by atoms with E-state index in [0.29, 0.717) is 5.56 Å². The normalized spacial score (nSPS) is 13.4. The van der Waals surface area contributed by atoms with Crippen LogP contribution in [0.1, 0.15) is 11.7 Å². The molecule has 1 N–H and O–H groups in total. The Morgan fingerprint density at radius 3 is 2.50 bits per heavy atom. The van der Waals surface area contributed by atoms with Gasteiger partial charge in [-0.3, -0.25) is 0 Å². The van der Waals surface area contributed by atoms with Crippen molar-refractivity contribution < 1.29 is 5.11 Å². The monoisotopic (exact) mass is 268 g/mol. The number of benzene rings is 1. The fraction of sp³-hybridized carbons (Fsp3) is 0.250. The second-order valence-corrected chi connectivity index (χ2v) is 4.41. The van der Waals surface area contributed by atoms with Crippen LogP contribution in [0.25, 0.3) is 0 Å². The van der Waals surface area contributed by atoms with Crippen LogP contribution in [0.5, 0.6) is 0 Å². The second kappa shape index (κ2) is 4.47. The minimum atomic E-state index is -0.828. The molecule has 1 atom stereocenters. The summed E-state index contributed by atoms with van der Waals surface area (Å²) in [6, 6.07) is 7.24. The van der Waals surface area contributed by atoms with E-state index in [0.717, 1.165) is 4.47 Å². The van der Waals surface area contributed by atoms with Gasteiger partial charge in [-0.1, -0.05) is 28.1 Å². The maximum atomic E-state index is 9.44. The van der Waals surface area contributed by atoms with Crippen LogP contribution < -0.4 is 0 Å². The van der Waals surface area contributed by atoms with E-state index in [-0.39, 0.29) is 0 Å². The molecule has 0 bridgehead atoms. The smallest absolute Gasteiger partial charge is 0.137 e. The van der Waals surface area contributed by atoms with Crippen molar-refractivity contribution in [1.82, 2.24) is 0 Å². The molecule has 12 heavy (non-hydrogen) atoms. The van der Waals surface area contributed by atoms with E-state index in [4.69, 9.17) is 23.2 Å². The van der Waals surface area contributed by atoms with E-state index in [2.05, 4.69) is 15.9 Å². The van der Waals surface area contributed by atoms with Crippen molar-refractivity contribution in [2.75, 3.05) is 0 Å². The van der Waals surface area contributed by atoms with E-state index in [1.165, 1.54) is 0 Å². The van der Waals surface area contributed by atoms with Crippen LogP contribution in [0, 0.1) is 0 Å². The van der Waals surface area contributed by atoms with E-state index in [1.807, 2.05) is 12.1 Å². The van der Waals surface area contributed by atoms with E-state index in [9.17, 15) is 5.11 Å². The van der Waals surface area contributed by atoms with Gasteiger partial charge in [-0.25, -0.2) is 0 Å². The summed E-state index contributed by atoms with van der Waals surface area (Å²) in [5, 5.41) is 9.44. The molecule has 0 aliphatic carbocycles. The van der Waals surface area contributed by atoms with Crippen molar-refractivity contribution >= 4 is 39.1 Å². The summed E-state index contributed by atoms with van der Waals surface area (Å²) in [5.74, 6) is 0. The molecule has 0 aliphatic rings. The molecule has 0 saturated heterocycles. The Balaban J connectivity index is 2.88. The van der Waals surface area contributed by atoms with Gasteiger partial charge in [0.2, 0.25) is 0 Å². The summed E-state index contributed by atoms with van der Waals surface area (Å²) in [4.78, 5) is -0.792. The van der Waals surface area contributed by atoms with Gasteiger partial charge in [0.05, 0.1) is 0 Å². The molecule has 4 heteroatoms. The van der Waals surface area contributed by atoms with Crippen molar-refractivity contribution in [2.24, 2.45) is 0 Å². The van der Waals surface area contributed by atoms with Gasteiger partial charge in [0.25, 0.3) is 0 Å². The third-order valence-corrected chi connectivity index (χ3v) is 2.40. The van der Waals surface area contributed by atoms with Gasteiger partial charge in [0, 0.05) is 4.47 Å². The number of aliphatic hydroxyl groups is 1. The molecule has 0 radical (unpaired) electrons. The number of rotatable bonds is 2. The van der Waals surface area contributed by atoms with Crippen LogP contribution in [0.2, 0.25) is 0 Å². The minimum absolute atomic E-state index is 0.708. The van der Waals surface area contributed by atoms with E-state index < -0.39 is 10.9 Å². The van der Waals surface area contributed by atoms with Gasteiger partial charge in [-0.2, -0.15) is 0 Å². The summed E-state index contributed by atoms with van der Waals surface area (Å²) >= 11 is 14.3. The molecular weight excluding hydrogens is 263 g/mol. The third kappa shape index (κ3) is 2.63. The lowest BCUT2D eigenvalue weighted by Crippen LogP contribution is -2.05.